The molecular formula is C20H15FN4O3. The average Bonchev–Trinajstić information content (AvgIpc) is 3.16. The number of anilines is 1. The van der Waals surface area contributed by atoms with E-state index in [9.17, 15) is 14.4 Å². The van der Waals surface area contributed by atoms with Crippen molar-refractivity contribution in [3.8, 4) is 17.6 Å². The third kappa shape index (κ3) is 3.38. The topological polar surface area (TPSA) is 96.3 Å². The number of fused-ring (bicyclic) bond motifs is 2. The molecular weight excluding hydrogens is 363 g/mol. The van der Waals surface area contributed by atoms with Gasteiger partial charge in [-0.25, -0.2) is 9.37 Å². The Kier molecular flexibility index (Phi) is 4.64. The average molecular weight is 378 g/mol. The first-order chi connectivity index (χ1) is 13.7. The van der Waals surface area contributed by atoms with Gasteiger partial charge in [0.2, 0.25) is 6.79 Å². The molecule has 0 saturated carbocycles. The van der Waals surface area contributed by atoms with Crippen molar-refractivity contribution in [3.05, 3.63) is 59.4 Å². The van der Waals surface area contributed by atoms with Gasteiger partial charge in [-0.05, 0) is 24.3 Å². The third-order valence-electron chi connectivity index (χ3n) is 4.25. The summed E-state index contributed by atoms with van der Waals surface area (Å²) >= 11 is 0. The lowest BCUT2D eigenvalue weighted by Gasteiger charge is -2.10. The van der Waals surface area contributed by atoms with Gasteiger partial charge in [-0.15, -0.1) is 0 Å². The number of carbonyl (C=O) groups is 1. The standard InChI is InChI=1S/C20H15FN4O3/c21-15-4-2-1-3-14(15)20(26)24-6-5-23-19-13(10-22)7-12-8-17-18(28-11-27-17)9-16(12)25-19/h1-4,7-9H,5-6,11H2,(H,23,25)(H,24,26). The van der Waals surface area contributed by atoms with Crippen molar-refractivity contribution >= 4 is 22.6 Å². The van der Waals surface area contributed by atoms with Gasteiger partial charge in [0, 0.05) is 24.5 Å². The molecule has 8 heteroatoms. The molecule has 2 aromatic carbocycles. The maximum absolute atomic E-state index is 13.6. The van der Waals surface area contributed by atoms with Crippen molar-refractivity contribution in [2.24, 2.45) is 0 Å². The van der Waals surface area contributed by atoms with Crippen molar-refractivity contribution < 1.29 is 18.7 Å². The number of amides is 1. The quantitative estimate of drug-likeness (QED) is 0.663. The molecule has 1 amide bonds. The number of pyridine rings is 1. The van der Waals surface area contributed by atoms with E-state index in [1.54, 1.807) is 24.3 Å². The molecule has 0 spiro atoms. The molecule has 7 nitrogen and oxygen atoms in total. The summed E-state index contributed by atoms with van der Waals surface area (Å²) < 4.78 is 24.3. The molecule has 140 valence electrons. The second-order valence-corrected chi connectivity index (χ2v) is 6.06. The zero-order valence-electron chi connectivity index (χ0n) is 14.7. The van der Waals surface area contributed by atoms with Crippen LogP contribution in [0.5, 0.6) is 11.5 Å². The van der Waals surface area contributed by atoms with Crippen molar-refractivity contribution in [1.29, 1.82) is 5.26 Å². The van der Waals surface area contributed by atoms with E-state index in [2.05, 4.69) is 21.7 Å². The van der Waals surface area contributed by atoms with Crippen LogP contribution in [-0.4, -0.2) is 30.8 Å². The summed E-state index contributed by atoms with van der Waals surface area (Å²) in [5, 5.41) is 15.8. The van der Waals surface area contributed by atoms with Gasteiger partial charge in [0.1, 0.15) is 17.7 Å². The number of halogens is 1. The first-order valence-electron chi connectivity index (χ1n) is 8.57. The molecule has 0 radical (unpaired) electrons. The highest BCUT2D eigenvalue weighted by atomic mass is 19.1. The highest BCUT2D eigenvalue weighted by molar-refractivity contribution is 5.94. The Morgan fingerprint density at radius 2 is 1.96 bits per heavy atom. The van der Waals surface area contributed by atoms with Gasteiger partial charge in [-0.3, -0.25) is 4.79 Å². The van der Waals surface area contributed by atoms with E-state index in [1.165, 1.54) is 18.2 Å². The number of carbonyl (C=O) groups excluding carboxylic acids is 1. The second-order valence-electron chi connectivity index (χ2n) is 6.06. The molecule has 2 N–H and O–H groups in total. The summed E-state index contributed by atoms with van der Waals surface area (Å²) in [6, 6.07) is 13.1. The summed E-state index contributed by atoms with van der Waals surface area (Å²) in [6.45, 7) is 0.709. The van der Waals surface area contributed by atoms with Crippen LogP contribution in [0.2, 0.25) is 0 Å². The first-order valence-corrected chi connectivity index (χ1v) is 8.57. The lowest BCUT2D eigenvalue weighted by molar-refractivity contribution is 0.0951. The molecule has 0 bridgehead atoms. The normalized spacial score (nSPS) is 11.9. The Labute approximate surface area is 159 Å². The van der Waals surface area contributed by atoms with E-state index in [1.807, 2.05) is 0 Å². The molecule has 1 aromatic heterocycles. The highest BCUT2D eigenvalue weighted by Crippen LogP contribution is 2.36. The number of nitrogens with zero attached hydrogens (tertiary/aromatic N) is 2. The monoisotopic (exact) mass is 378 g/mol. The van der Waals surface area contributed by atoms with E-state index in [4.69, 9.17) is 9.47 Å². The third-order valence-corrected chi connectivity index (χ3v) is 4.25. The van der Waals surface area contributed by atoms with Crippen molar-refractivity contribution in [3.63, 3.8) is 0 Å². The largest absolute Gasteiger partial charge is 0.454 e. The van der Waals surface area contributed by atoms with Crippen molar-refractivity contribution in [1.82, 2.24) is 10.3 Å². The van der Waals surface area contributed by atoms with E-state index in [0.29, 0.717) is 34.9 Å². The Hall–Kier alpha value is -3.86. The lowest BCUT2D eigenvalue weighted by Crippen LogP contribution is -2.29. The lowest BCUT2D eigenvalue weighted by atomic mass is 10.1. The number of nitrogens with one attached hydrogen (secondary N) is 2. The van der Waals surface area contributed by atoms with E-state index < -0.39 is 11.7 Å². The maximum atomic E-state index is 13.6. The van der Waals surface area contributed by atoms with E-state index >= 15 is 0 Å². The van der Waals surface area contributed by atoms with Gasteiger partial charge in [-0.1, -0.05) is 12.1 Å². The second kappa shape index (κ2) is 7.40. The molecule has 4 rings (SSSR count). The van der Waals surface area contributed by atoms with E-state index in [0.717, 1.165) is 5.39 Å². The zero-order chi connectivity index (χ0) is 19.5. The molecule has 0 fully saturated rings. The highest BCUT2D eigenvalue weighted by Gasteiger charge is 2.16. The van der Waals surface area contributed by atoms with Crippen LogP contribution >= 0.6 is 0 Å². The molecule has 3 aromatic rings. The van der Waals surface area contributed by atoms with Gasteiger partial charge in [0.15, 0.2) is 11.5 Å². The number of hydrogen-bond donors (Lipinski definition) is 2. The minimum absolute atomic E-state index is 0.0138. The van der Waals surface area contributed by atoms with E-state index in [-0.39, 0.29) is 18.9 Å². The number of ether oxygens (including phenoxy) is 2. The summed E-state index contributed by atoms with van der Waals surface area (Å²) in [5.74, 6) is 0.547. The first kappa shape index (κ1) is 17.5. The fraction of sp³-hybridized carbons (Fsp3) is 0.150. The summed E-state index contributed by atoms with van der Waals surface area (Å²) in [5.41, 5.74) is 1.01. The minimum Gasteiger partial charge on any atom is -0.454 e. The predicted molar refractivity (Wildman–Crippen MR) is 99.8 cm³/mol. The molecule has 2 heterocycles. The number of aromatic nitrogens is 1. The number of hydrogen-bond acceptors (Lipinski definition) is 6. The fourth-order valence-corrected chi connectivity index (χ4v) is 2.88. The van der Waals surface area contributed by atoms with Crippen LogP contribution in [0.1, 0.15) is 15.9 Å². The molecule has 28 heavy (non-hydrogen) atoms. The molecule has 0 unspecified atom stereocenters. The van der Waals surface area contributed by atoms with Gasteiger partial charge < -0.3 is 20.1 Å². The molecule has 0 atom stereocenters. The Morgan fingerprint density at radius 1 is 1.18 bits per heavy atom. The van der Waals surface area contributed by atoms with Crippen LogP contribution in [0.25, 0.3) is 10.9 Å². The molecule has 0 saturated heterocycles. The number of benzene rings is 2. The van der Waals surface area contributed by atoms with Crippen LogP contribution in [0.3, 0.4) is 0 Å². The smallest absolute Gasteiger partial charge is 0.254 e. The van der Waals surface area contributed by atoms with Gasteiger partial charge >= 0.3 is 0 Å². The predicted octanol–water partition coefficient (Wildman–Crippen LogP) is 2.82. The zero-order valence-corrected chi connectivity index (χ0v) is 14.7. The Balaban J connectivity index is 1.44. The Bertz CT molecular complexity index is 1110. The van der Waals surface area contributed by atoms with Crippen LogP contribution in [0.15, 0.2) is 42.5 Å². The molecule has 0 aliphatic carbocycles. The minimum atomic E-state index is -0.574. The molecule has 1 aliphatic heterocycles. The van der Waals surface area contributed by atoms with Gasteiger partial charge in [0.05, 0.1) is 16.6 Å². The van der Waals surface area contributed by atoms with Crippen molar-refractivity contribution in [2.45, 2.75) is 0 Å². The van der Waals surface area contributed by atoms with Crippen LogP contribution in [-0.2, 0) is 0 Å². The van der Waals surface area contributed by atoms with Gasteiger partial charge in [-0.2, -0.15) is 5.26 Å². The van der Waals surface area contributed by atoms with Crippen LogP contribution in [0.4, 0.5) is 10.2 Å². The number of nitriles is 1. The van der Waals surface area contributed by atoms with Gasteiger partial charge in [0.25, 0.3) is 5.91 Å². The summed E-state index contributed by atoms with van der Waals surface area (Å²) in [7, 11) is 0. The maximum Gasteiger partial charge on any atom is 0.254 e. The van der Waals surface area contributed by atoms with Crippen LogP contribution < -0.4 is 20.1 Å². The van der Waals surface area contributed by atoms with Crippen molar-refractivity contribution in [2.75, 3.05) is 25.2 Å². The fourth-order valence-electron chi connectivity index (χ4n) is 2.88. The Morgan fingerprint density at radius 3 is 2.75 bits per heavy atom. The number of rotatable bonds is 5. The summed E-state index contributed by atoms with van der Waals surface area (Å²) in [6.07, 6.45) is 0. The molecule has 1 aliphatic rings. The summed E-state index contributed by atoms with van der Waals surface area (Å²) in [4.78, 5) is 16.5. The SMILES string of the molecule is N#Cc1cc2cc3c(cc2nc1NCCNC(=O)c1ccccc1F)OCO3. The van der Waals surface area contributed by atoms with Crippen LogP contribution in [0, 0.1) is 17.1 Å².